The number of hydrogen-bond donors (Lipinski definition) is 1. The Kier molecular flexibility index (Phi) is 7.63. The Morgan fingerprint density at radius 1 is 1.09 bits per heavy atom. The fourth-order valence-corrected chi connectivity index (χ4v) is 5.18. The third kappa shape index (κ3) is 5.56. The van der Waals surface area contributed by atoms with Gasteiger partial charge in [-0.05, 0) is 74.2 Å². The van der Waals surface area contributed by atoms with E-state index in [4.69, 9.17) is 25.9 Å². The summed E-state index contributed by atoms with van der Waals surface area (Å²) in [6, 6.07) is 11.0. The van der Waals surface area contributed by atoms with Gasteiger partial charge in [0, 0.05) is 17.1 Å². The van der Waals surface area contributed by atoms with Crippen molar-refractivity contribution in [2.45, 2.75) is 46.3 Å². The molecule has 1 heterocycles. The molecular formula is C25H28ClNO6S. The molecule has 3 aromatic rings. The Hall–Kier alpha value is -2.97. The summed E-state index contributed by atoms with van der Waals surface area (Å²) in [5.74, 6) is -0.181. The van der Waals surface area contributed by atoms with Gasteiger partial charge in [-0.1, -0.05) is 31.5 Å². The highest BCUT2D eigenvalue weighted by atomic mass is 35.5. The van der Waals surface area contributed by atoms with Crippen molar-refractivity contribution in [3.8, 4) is 5.75 Å². The average Bonchev–Trinajstić information content (AvgIpc) is 3.20. The minimum Gasteiger partial charge on any atom is -0.487 e. The third-order valence-electron chi connectivity index (χ3n) is 5.32. The molecule has 0 aliphatic heterocycles. The summed E-state index contributed by atoms with van der Waals surface area (Å²) in [5, 5.41) is 9.26. The van der Waals surface area contributed by atoms with Gasteiger partial charge in [0.25, 0.3) is 10.0 Å². The van der Waals surface area contributed by atoms with E-state index in [0.717, 1.165) is 11.1 Å². The summed E-state index contributed by atoms with van der Waals surface area (Å²) >= 11 is 6.26. The van der Waals surface area contributed by atoms with Crippen molar-refractivity contribution in [2.75, 3.05) is 10.8 Å². The maximum absolute atomic E-state index is 13.6. The van der Waals surface area contributed by atoms with Crippen molar-refractivity contribution < 1.29 is 27.5 Å². The van der Waals surface area contributed by atoms with Crippen LogP contribution in [0.5, 0.6) is 5.75 Å². The molecule has 0 amide bonds. The van der Waals surface area contributed by atoms with Crippen LogP contribution in [0.2, 0.25) is 5.02 Å². The van der Waals surface area contributed by atoms with Crippen LogP contribution < -0.4 is 9.04 Å². The van der Waals surface area contributed by atoms with E-state index in [9.17, 15) is 13.2 Å². The zero-order valence-electron chi connectivity index (χ0n) is 19.8. The zero-order chi connectivity index (χ0) is 25.2. The molecule has 0 unspecified atom stereocenters. The molecule has 34 heavy (non-hydrogen) atoms. The van der Waals surface area contributed by atoms with E-state index in [1.54, 1.807) is 31.2 Å². The first-order valence-corrected chi connectivity index (χ1v) is 12.6. The van der Waals surface area contributed by atoms with Crippen LogP contribution in [0, 0.1) is 26.7 Å². The molecule has 0 saturated heterocycles. The first-order valence-electron chi connectivity index (χ1n) is 10.7. The molecule has 7 nitrogen and oxygen atoms in total. The van der Waals surface area contributed by atoms with Gasteiger partial charge < -0.3 is 14.3 Å². The van der Waals surface area contributed by atoms with Crippen LogP contribution in [0.4, 0.5) is 5.69 Å². The van der Waals surface area contributed by atoms with E-state index in [-0.39, 0.29) is 34.7 Å². The number of furan rings is 1. The summed E-state index contributed by atoms with van der Waals surface area (Å²) in [4.78, 5) is 11.2. The van der Waals surface area contributed by atoms with Crippen molar-refractivity contribution >= 4 is 33.3 Å². The molecule has 0 aliphatic rings. The number of carboxylic acids is 1. The van der Waals surface area contributed by atoms with Gasteiger partial charge in [0.05, 0.1) is 11.3 Å². The maximum atomic E-state index is 13.6. The molecule has 1 N–H and O–H groups in total. The van der Waals surface area contributed by atoms with Crippen LogP contribution in [0.15, 0.2) is 52.0 Å². The van der Waals surface area contributed by atoms with Crippen LogP contribution in [0.1, 0.15) is 46.7 Å². The second-order valence-electron chi connectivity index (χ2n) is 8.60. The number of carbonyl (C=O) groups is 1. The molecule has 0 aliphatic carbocycles. The summed E-state index contributed by atoms with van der Waals surface area (Å²) in [7, 11) is -3.99. The van der Waals surface area contributed by atoms with E-state index in [2.05, 4.69) is 0 Å². The van der Waals surface area contributed by atoms with Crippen LogP contribution in [0.25, 0.3) is 0 Å². The van der Waals surface area contributed by atoms with Gasteiger partial charge in [0.15, 0.2) is 0 Å². The number of benzene rings is 2. The quantitative estimate of drug-likeness (QED) is 0.384. The minimum atomic E-state index is -3.99. The lowest BCUT2D eigenvalue weighted by molar-refractivity contribution is 0.0696. The summed E-state index contributed by atoms with van der Waals surface area (Å²) in [6.45, 7) is 9.62. The molecule has 2 aromatic carbocycles. The van der Waals surface area contributed by atoms with Gasteiger partial charge in [0.1, 0.15) is 18.1 Å². The number of nitrogens with zero attached hydrogens (tertiary/aromatic N) is 1. The predicted molar refractivity (Wildman–Crippen MR) is 131 cm³/mol. The van der Waals surface area contributed by atoms with Crippen LogP contribution in [-0.4, -0.2) is 26.0 Å². The monoisotopic (exact) mass is 505 g/mol. The van der Waals surface area contributed by atoms with E-state index >= 15 is 0 Å². The Morgan fingerprint density at radius 2 is 1.76 bits per heavy atom. The topological polar surface area (TPSA) is 97.0 Å². The van der Waals surface area contributed by atoms with Gasteiger partial charge in [-0.3, -0.25) is 4.31 Å². The van der Waals surface area contributed by atoms with Gasteiger partial charge in [-0.25, -0.2) is 4.79 Å². The highest BCUT2D eigenvalue weighted by molar-refractivity contribution is 7.92. The number of hydrogen-bond acceptors (Lipinski definition) is 5. The number of aromatic carboxylic acids is 1. The Bertz CT molecular complexity index is 1310. The highest BCUT2D eigenvalue weighted by Crippen LogP contribution is 2.37. The van der Waals surface area contributed by atoms with Crippen LogP contribution in [0.3, 0.4) is 0 Å². The summed E-state index contributed by atoms with van der Waals surface area (Å²) in [5.41, 5.74) is 2.89. The number of halogens is 1. The molecule has 0 saturated carbocycles. The largest absolute Gasteiger partial charge is 0.487 e. The molecule has 182 valence electrons. The predicted octanol–water partition coefficient (Wildman–Crippen LogP) is 5.99. The average molecular weight is 506 g/mol. The molecule has 9 heteroatoms. The van der Waals surface area contributed by atoms with Crippen molar-refractivity contribution in [1.82, 2.24) is 0 Å². The van der Waals surface area contributed by atoms with Crippen molar-refractivity contribution in [3.05, 3.63) is 75.5 Å². The molecule has 0 atom stereocenters. The second kappa shape index (κ2) is 10.1. The van der Waals surface area contributed by atoms with Crippen LogP contribution in [-0.2, 0) is 16.6 Å². The first kappa shape index (κ1) is 25.6. The normalized spacial score (nSPS) is 11.6. The number of aryl methyl sites for hydroxylation is 3. The van der Waals surface area contributed by atoms with Crippen molar-refractivity contribution in [2.24, 2.45) is 5.92 Å². The second-order valence-corrected chi connectivity index (χ2v) is 10.8. The fourth-order valence-electron chi connectivity index (χ4n) is 3.35. The lowest BCUT2D eigenvalue weighted by Crippen LogP contribution is -2.34. The fraction of sp³-hybridized carbons (Fsp3) is 0.320. The molecule has 3 rings (SSSR count). The van der Waals surface area contributed by atoms with Crippen LogP contribution >= 0.6 is 11.6 Å². The smallest absolute Gasteiger partial charge is 0.335 e. The number of anilines is 1. The van der Waals surface area contributed by atoms with Crippen molar-refractivity contribution in [1.29, 1.82) is 0 Å². The Balaban J connectivity index is 2.04. The lowest BCUT2D eigenvalue weighted by Gasteiger charge is -2.28. The number of sulfonamides is 1. The standard InChI is InChI=1S/C25H28ClNO6S/c1-15(2)13-27(34(30,31)24-9-6-18(5)33-24)22-10-16(3)17(4)11-23(22)32-14-20-8-7-19(25(28)29)12-21(20)26/h6-12,15H,13-14H2,1-5H3,(H,28,29). The van der Waals surface area contributed by atoms with Gasteiger partial charge in [-0.2, -0.15) is 8.42 Å². The highest BCUT2D eigenvalue weighted by Gasteiger charge is 2.31. The molecule has 0 bridgehead atoms. The Labute approximate surface area is 205 Å². The molecule has 0 radical (unpaired) electrons. The number of rotatable bonds is 9. The van der Waals surface area contributed by atoms with Gasteiger partial charge in [0.2, 0.25) is 5.09 Å². The van der Waals surface area contributed by atoms with Gasteiger partial charge >= 0.3 is 5.97 Å². The maximum Gasteiger partial charge on any atom is 0.335 e. The Morgan fingerprint density at radius 3 is 2.32 bits per heavy atom. The summed E-state index contributed by atoms with van der Waals surface area (Å²) in [6.07, 6.45) is 0. The number of ether oxygens (including phenoxy) is 1. The summed E-state index contributed by atoms with van der Waals surface area (Å²) < 4.78 is 40.0. The first-order chi connectivity index (χ1) is 15.9. The van der Waals surface area contributed by atoms with E-state index in [1.807, 2.05) is 27.7 Å². The SMILES string of the molecule is Cc1ccc(S(=O)(=O)N(CC(C)C)c2cc(C)c(C)cc2OCc2ccc(C(=O)O)cc2Cl)o1. The van der Waals surface area contributed by atoms with E-state index in [0.29, 0.717) is 22.8 Å². The number of carboxylic acid groups (broad SMARTS) is 1. The van der Waals surface area contributed by atoms with E-state index < -0.39 is 16.0 Å². The third-order valence-corrected chi connectivity index (χ3v) is 7.32. The molecule has 1 aromatic heterocycles. The minimum absolute atomic E-state index is 0.0262. The lowest BCUT2D eigenvalue weighted by atomic mass is 10.1. The molecule has 0 fully saturated rings. The van der Waals surface area contributed by atoms with E-state index in [1.165, 1.54) is 22.5 Å². The molecular weight excluding hydrogens is 478 g/mol. The zero-order valence-corrected chi connectivity index (χ0v) is 21.3. The molecule has 0 spiro atoms. The van der Waals surface area contributed by atoms with Crippen molar-refractivity contribution in [3.63, 3.8) is 0 Å². The van der Waals surface area contributed by atoms with Gasteiger partial charge in [-0.15, -0.1) is 0 Å².